The number of hydrogen-bond donors (Lipinski definition) is 2. The molecule has 0 saturated carbocycles. The van der Waals surface area contributed by atoms with Crippen LogP contribution in [0.4, 0.5) is 5.69 Å². The van der Waals surface area contributed by atoms with Crippen molar-refractivity contribution in [1.29, 1.82) is 5.26 Å². The van der Waals surface area contributed by atoms with Gasteiger partial charge in [0.1, 0.15) is 23.2 Å². The molecule has 3 N–H and O–H groups in total. The largest absolute Gasteiger partial charge is 0.508 e. The number of rotatable bonds is 4. The zero-order valence-electron chi connectivity index (χ0n) is 13.5. The van der Waals surface area contributed by atoms with E-state index in [1.54, 1.807) is 6.92 Å². The summed E-state index contributed by atoms with van der Waals surface area (Å²) >= 11 is 0. The number of hydrogen-bond acceptors (Lipinski definition) is 8. The normalized spacial score (nSPS) is 16.9. The van der Waals surface area contributed by atoms with Crippen LogP contribution in [-0.2, 0) is 14.3 Å². The number of benzene rings is 1. The maximum Gasteiger partial charge on any atom is 0.338 e. The summed E-state index contributed by atoms with van der Waals surface area (Å²) < 4.78 is 10.2. The number of nitriles is 1. The molecule has 0 radical (unpaired) electrons. The van der Waals surface area contributed by atoms with Gasteiger partial charge in [-0.15, -0.1) is 0 Å². The number of ether oxygens (including phenoxy) is 2. The van der Waals surface area contributed by atoms with Gasteiger partial charge in [0.15, 0.2) is 0 Å². The lowest BCUT2D eigenvalue weighted by molar-refractivity contribution is -0.385. The van der Waals surface area contributed by atoms with E-state index in [2.05, 4.69) is 0 Å². The molecule has 1 aromatic rings. The van der Waals surface area contributed by atoms with E-state index in [1.165, 1.54) is 6.92 Å². The van der Waals surface area contributed by atoms with Crippen LogP contribution in [0.3, 0.4) is 0 Å². The Morgan fingerprint density at radius 1 is 1.56 bits per heavy atom. The fourth-order valence-electron chi connectivity index (χ4n) is 2.61. The number of nitro groups is 1. The minimum absolute atomic E-state index is 0.0600. The quantitative estimate of drug-likeness (QED) is 0.477. The second kappa shape index (κ2) is 6.92. The highest BCUT2D eigenvalue weighted by atomic mass is 16.6. The van der Waals surface area contributed by atoms with Gasteiger partial charge in [-0.1, -0.05) is 0 Å². The monoisotopic (exact) mass is 345 g/mol. The maximum atomic E-state index is 12.4. The topological polar surface area (TPSA) is 149 Å². The minimum Gasteiger partial charge on any atom is -0.508 e. The summed E-state index contributed by atoms with van der Waals surface area (Å²) in [4.78, 5) is 23.1. The number of phenols is 1. The van der Waals surface area contributed by atoms with Gasteiger partial charge in [0.05, 0.1) is 23.0 Å². The van der Waals surface area contributed by atoms with Gasteiger partial charge >= 0.3 is 5.97 Å². The third-order valence-electron chi connectivity index (χ3n) is 3.62. The van der Waals surface area contributed by atoms with Gasteiger partial charge in [-0.2, -0.15) is 5.26 Å². The Bertz CT molecular complexity index is 850. The summed E-state index contributed by atoms with van der Waals surface area (Å²) in [6.07, 6.45) is 0. The highest BCUT2D eigenvalue weighted by Crippen LogP contribution is 2.43. The predicted octanol–water partition coefficient (Wildman–Crippen LogP) is 1.95. The van der Waals surface area contributed by atoms with Crippen molar-refractivity contribution in [3.05, 3.63) is 56.7 Å². The molecule has 1 atom stereocenters. The molecule has 1 aromatic carbocycles. The third-order valence-corrected chi connectivity index (χ3v) is 3.62. The van der Waals surface area contributed by atoms with Crippen molar-refractivity contribution in [3.63, 3.8) is 0 Å². The lowest BCUT2D eigenvalue weighted by Crippen LogP contribution is -2.26. The summed E-state index contributed by atoms with van der Waals surface area (Å²) in [6.45, 7) is 3.10. The fourth-order valence-corrected chi connectivity index (χ4v) is 2.61. The predicted molar refractivity (Wildman–Crippen MR) is 84.7 cm³/mol. The minimum atomic E-state index is -1.19. The van der Waals surface area contributed by atoms with E-state index in [0.29, 0.717) is 0 Å². The van der Waals surface area contributed by atoms with Crippen LogP contribution in [0, 0.1) is 21.4 Å². The van der Waals surface area contributed by atoms with Gasteiger partial charge in [0, 0.05) is 11.6 Å². The molecule has 0 bridgehead atoms. The number of allylic oxidation sites excluding steroid dienone is 2. The zero-order chi connectivity index (χ0) is 18.7. The summed E-state index contributed by atoms with van der Waals surface area (Å²) in [5, 5.41) is 30.6. The van der Waals surface area contributed by atoms with Crippen molar-refractivity contribution in [2.45, 2.75) is 19.8 Å². The molecule has 9 nitrogen and oxygen atoms in total. The number of nitrogens with zero attached hydrogens (tertiary/aromatic N) is 2. The molecular formula is C16H15N3O6. The first-order valence-corrected chi connectivity index (χ1v) is 7.24. The van der Waals surface area contributed by atoms with E-state index in [9.17, 15) is 25.3 Å². The third kappa shape index (κ3) is 3.23. The van der Waals surface area contributed by atoms with Crippen LogP contribution in [0.1, 0.15) is 25.3 Å². The second-order valence-corrected chi connectivity index (χ2v) is 5.12. The van der Waals surface area contributed by atoms with Crippen molar-refractivity contribution in [2.75, 3.05) is 6.61 Å². The SMILES string of the molecule is CCOC(=O)C1=C(C)OC(N)=C(C#N)C1c1cc(O)ccc1[N+](=O)[O-]. The lowest BCUT2D eigenvalue weighted by atomic mass is 9.82. The summed E-state index contributed by atoms with van der Waals surface area (Å²) in [7, 11) is 0. The summed E-state index contributed by atoms with van der Waals surface area (Å²) in [5.74, 6) is -2.44. The Morgan fingerprint density at radius 3 is 2.80 bits per heavy atom. The Labute approximate surface area is 142 Å². The van der Waals surface area contributed by atoms with Gasteiger partial charge in [0.2, 0.25) is 5.88 Å². The van der Waals surface area contributed by atoms with Crippen LogP contribution in [0.15, 0.2) is 41.0 Å². The number of carbonyl (C=O) groups is 1. The molecule has 0 amide bonds. The number of esters is 1. The molecule has 0 fully saturated rings. The van der Waals surface area contributed by atoms with E-state index in [1.807, 2.05) is 6.07 Å². The molecule has 0 spiro atoms. The first kappa shape index (κ1) is 17.8. The zero-order valence-corrected chi connectivity index (χ0v) is 13.5. The molecule has 130 valence electrons. The van der Waals surface area contributed by atoms with Crippen LogP contribution in [0.25, 0.3) is 0 Å². The Balaban J connectivity index is 2.78. The molecule has 0 aliphatic carbocycles. The molecule has 2 rings (SSSR count). The first-order valence-electron chi connectivity index (χ1n) is 7.24. The number of carbonyl (C=O) groups excluding carboxylic acids is 1. The highest BCUT2D eigenvalue weighted by molar-refractivity contribution is 5.93. The van der Waals surface area contributed by atoms with Crippen molar-refractivity contribution in [2.24, 2.45) is 5.73 Å². The molecule has 0 aromatic heterocycles. The standard InChI is InChI=1S/C16H15N3O6/c1-3-24-16(21)13-8(2)25-15(18)11(7-17)14(13)10-6-9(20)4-5-12(10)19(22)23/h4-6,14,20H,3,18H2,1-2H3. The van der Waals surface area contributed by atoms with Crippen LogP contribution < -0.4 is 5.73 Å². The fraction of sp³-hybridized carbons (Fsp3) is 0.250. The Morgan fingerprint density at radius 2 is 2.24 bits per heavy atom. The second-order valence-electron chi connectivity index (χ2n) is 5.12. The van der Waals surface area contributed by atoms with Gasteiger partial charge < -0.3 is 20.3 Å². The number of nitrogens with two attached hydrogens (primary N) is 1. The van der Waals surface area contributed by atoms with E-state index in [4.69, 9.17) is 15.2 Å². The van der Waals surface area contributed by atoms with Gasteiger partial charge in [0.25, 0.3) is 5.69 Å². The molecular weight excluding hydrogens is 330 g/mol. The summed E-state index contributed by atoms with van der Waals surface area (Å²) in [5.41, 5.74) is 5.03. The van der Waals surface area contributed by atoms with Gasteiger partial charge in [-0.3, -0.25) is 10.1 Å². The first-order chi connectivity index (χ1) is 11.8. The molecule has 1 aliphatic heterocycles. The Kier molecular flexibility index (Phi) is 4.93. The average Bonchev–Trinajstić information content (AvgIpc) is 2.53. The molecule has 9 heteroatoms. The van der Waals surface area contributed by atoms with E-state index >= 15 is 0 Å². The number of nitro benzene ring substituents is 1. The van der Waals surface area contributed by atoms with Crippen LogP contribution in [0.2, 0.25) is 0 Å². The van der Waals surface area contributed by atoms with E-state index in [0.717, 1.165) is 18.2 Å². The van der Waals surface area contributed by atoms with Crippen LogP contribution in [-0.4, -0.2) is 22.6 Å². The summed E-state index contributed by atoms with van der Waals surface area (Å²) in [6, 6.07) is 5.16. The van der Waals surface area contributed by atoms with E-state index in [-0.39, 0.29) is 46.4 Å². The highest BCUT2D eigenvalue weighted by Gasteiger charge is 2.39. The smallest absolute Gasteiger partial charge is 0.338 e. The van der Waals surface area contributed by atoms with Crippen LogP contribution >= 0.6 is 0 Å². The van der Waals surface area contributed by atoms with Crippen molar-refractivity contribution in [3.8, 4) is 11.8 Å². The lowest BCUT2D eigenvalue weighted by Gasteiger charge is -2.26. The van der Waals surface area contributed by atoms with Crippen molar-refractivity contribution < 1.29 is 24.3 Å². The molecule has 1 heterocycles. The Hall–Kier alpha value is -3.54. The van der Waals surface area contributed by atoms with E-state index < -0.39 is 16.8 Å². The number of aromatic hydroxyl groups is 1. The van der Waals surface area contributed by atoms with Gasteiger partial charge in [-0.25, -0.2) is 4.79 Å². The molecule has 25 heavy (non-hydrogen) atoms. The van der Waals surface area contributed by atoms with Crippen molar-refractivity contribution >= 4 is 11.7 Å². The molecule has 1 unspecified atom stereocenters. The van der Waals surface area contributed by atoms with Crippen LogP contribution in [0.5, 0.6) is 5.75 Å². The molecule has 0 saturated heterocycles. The average molecular weight is 345 g/mol. The van der Waals surface area contributed by atoms with Crippen molar-refractivity contribution in [1.82, 2.24) is 0 Å². The van der Waals surface area contributed by atoms with Gasteiger partial charge in [-0.05, 0) is 26.0 Å². The molecule has 1 aliphatic rings. The number of phenolic OH excluding ortho intramolecular Hbond substituents is 1. The maximum absolute atomic E-state index is 12.4.